The molecule has 0 spiro atoms. The molecule has 31 heavy (non-hydrogen) atoms. The van der Waals surface area contributed by atoms with Gasteiger partial charge in [0.1, 0.15) is 0 Å². The Kier molecular flexibility index (Phi) is 6.32. The number of urea groups is 1. The number of amides is 4. The van der Waals surface area contributed by atoms with Gasteiger partial charge in [0.15, 0.2) is 5.76 Å². The van der Waals surface area contributed by atoms with Crippen LogP contribution in [0.3, 0.4) is 0 Å². The van der Waals surface area contributed by atoms with Crippen molar-refractivity contribution in [2.75, 3.05) is 23.7 Å². The molecule has 0 atom stereocenters. The Morgan fingerprint density at radius 2 is 1.81 bits per heavy atom. The summed E-state index contributed by atoms with van der Waals surface area (Å²) in [4.78, 5) is 39.0. The Hall–Kier alpha value is -3.59. The summed E-state index contributed by atoms with van der Waals surface area (Å²) in [5.74, 6) is -0.405. The molecular formula is C22H22N4O4S. The zero-order valence-corrected chi connectivity index (χ0v) is 17.5. The highest BCUT2D eigenvalue weighted by atomic mass is 32.1. The summed E-state index contributed by atoms with van der Waals surface area (Å²) in [5, 5.41) is 9.02. The lowest BCUT2D eigenvalue weighted by Crippen LogP contribution is -2.32. The van der Waals surface area contributed by atoms with Crippen LogP contribution in [-0.2, 0) is 6.54 Å². The van der Waals surface area contributed by atoms with Crippen molar-refractivity contribution in [3.05, 3.63) is 71.0 Å². The maximum absolute atomic E-state index is 12.5. The predicted octanol–water partition coefficient (Wildman–Crippen LogP) is 4.15. The van der Waals surface area contributed by atoms with E-state index in [2.05, 4.69) is 16.0 Å². The van der Waals surface area contributed by atoms with E-state index in [-0.39, 0.29) is 23.6 Å². The van der Waals surface area contributed by atoms with E-state index in [1.165, 1.54) is 17.6 Å². The largest absolute Gasteiger partial charge is 0.459 e. The van der Waals surface area contributed by atoms with Crippen LogP contribution in [0.5, 0.6) is 0 Å². The van der Waals surface area contributed by atoms with Gasteiger partial charge in [0, 0.05) is 25.3 Å². The Morgan fingerprint density at radius 3 is 2.58 bits per heavy atom. The number of likely N-dealkylation sites (tertiary alicyclic amines) is 1. The van der Waals surface area contributed by atoms with E-state index >= 15 is 0 Å². The molecule has 0 aliphatic carbocycles. The molecule has 0 radical (unpaired) electrons. The SMILES string of the molecule is O=C(Nc1ccc(C(=O)NCc2cccc(NC(=O)N3CCCC3)c2)s1)c1ccco1. The molecule has 8 nitrogen and oxygen atoms in total. The van der Waals surface area contributed by atoms with E-state index < -0.39 is 0 Å². The highest BCUT2D eigenvalue weighted by Gasteiger charge is 2.18. The van der Waals surface area contributed by atoms with Crippen molar-refractivity contribution < 1.29 is 18.8 Å². The zero-order valence-electron chi connectivity index (χ0n) is 16.7. The summed E-state index contributed by atoms with van der Waals surface area (Å²) in [6.07, 6.45) is 3.50. The summed E-state index contributed by atoms with van der Waals surface area (Å²) in [7, 11) is 0. The van der Waals surface area contributed by atoms with Gasteiger partial charge >= 0.3 is 6.03 Å². The van der Waals surface area contributed by atoms with Crippen molar-refractivity contribution in [3.63, 3.8) is 0 Å². The molecule has 3 aromatic rings. The summed E-state index contributed by atoms with van der Waals surface area (Å²) in [6.45, 7) is 1.89. The number of thiophene rings is 1. The minimum absolute atomic E-state index is 0.0959. The maximum atomic E-state index is 12.5. The zero-order chi connectivity index (χ0) is 21.6. The van der Waals surface area contributed by atoms with Crippen LogP contribution in [0.1, 0.15) is 38.6 Å². The van der Waals surface area contributed by atoms with Crippen molar-refractivity contribution in [2.24, 2.45) is 0 Å². The Bertz CT molecular complexity index is 1070. The lowest BCUT2D eigenvalue weighted by Gasteiger charge is -2.16. The van der Waals surface area contributed by atoms with Gasteiger partial charge in [-0.2, -0.15) is 0 Å². The highest BCUT2D eigenvalue weighted by Crippen LogP contribution is 2.23. The number of nitrogens with zero attached hydrogens (tertiary/aromatic N) is 1. The minimum atomic E-state index is -0.369. The van der Waals surface area contributed by atoms with Crippen LogP contribution in [-0.4, -0.2) is 35.8 Å². The fraction of sp³-hybridized carbons (Fsp3) is 0.227. The van der Waals surface area contributed by atoms with E-state index in [0.29, 0.717) is 22.1 Å². The first-order valence-electron chi connectivity index (χ1n) is 9.96. The average Bonchev–Trinajstić information content (AvgIpc) is 3.55. The van der Waals surface area contributed by atoms with Gasteiger partial charge in [0.05, 0.1) is 16.1 Å². The summed E-state index contributed by atoms with van der Waals surface area (Å²) in [5.41, 5.74) is 1.57. The fourth-order valence-corrected chi connectivity index (χ4v) is 4.08. The van der Waals surface area contributed by atoms with Crippen LogP contribution in [0.4, 0.5) is 15.5 Å². The van der Waals surface area contributed by atoms with Gasteiger partial charge in [-0.05, 0) is 54.8 Å². The molecule has 2 aromatic heterocycles. The normalized spacial score (nSPS) is 13.1. The van der Waals surface area contributed by atoms with Gasteiger partial charge in [0.2, 0.25) is 0 Å². The van der Waals surface area contributed by atoms with Gasteiger partial charge in [-0.15, -0.1) is 11.3 Å². The van der Waals surface area contributed by atoms with Crippen molar-refractivity contribution in [1.82, 2.24) is 10.2 Å². The Morgan fingerprint density at radius 1 is 0.968 bits per heavy atom. The van der Waals surface area contributed by atoms with Crippen LogP contribution in [0.25, 0.3) is 0 Å². The van der Waals surface area contributed by atoms with Crippen LogP contribution in [0, 0.1) is 0 Å². The summed E-state index contributed by atoms with van der Waals surface area (Å²) >= 11 is 1.18. The first-order chi connectivity index (χ1) is 15.1. The van der Waals surface area contributed by atoms with E-state index in [1.54, 1.807) is 29.2 Å². The number of hydrogen-bond acceptors (Lipinski definition) is 5. The van der Waals surface area contributed by atoms with Crippen LogP contribution in [0.15, 0.2) is 59.2 Å². The lowest BCUT2D eigenvalue weighted by atomic mass is 10.2. The Labute approximate surface area is 183 Å². The molecule has 3 heterocycles. The van der Waals surface area contributed by atoms with E-state index in [0.717, 1.165) is 31.5 Å². The molecule has 1 aliphatic heterocycles. The van der Waals surface area contributed by atoms with Crippen LogP contribution < -0.4 is 16.0 Å². The van der Waals surface area contributed by atoms with Gasteiger partial charge in [-0.25, -0.2) is 4.79 Å². The van der Waals surface area contributed by atoms with Gasteiger partial charge < -0.3 is 25.3 Å². The molecule has 4 amide bonds. The average molecular weight is 439 g/mol. The quantitative estimate of drug-likeness (QED) is 0.538. The monoisotopic (exact) mass is 438 g/mol. The third kappa shape index (κ3) is 5.32. The summed E-state index contributed by atoms with van der Waals surface area (Å²) < 4.78 is 5.06. The second-order valence-corrected chi connectivity index (χ2v) is 8.19. The molecule has 0 saturated carbocycles. The second-order valence-electron chi connectivity index (χ2n) is 7.10. The molecule has 3 N–H and O–H groups in total. The summed E-state index contributed by atoms with van der Waals surface area (Å²) in [6, 6.07) is 13.8. The molecule has 1 saturated heterocycles. The van der Waals surface area contributed by atoms with Crippen LogP contribution >= 0.6 is 11.3 Å². The number of nitrogens with one attached hydrogen (secondary N) is 3. The molecule has 0 bridgehead atoms. The molecule has 1 fully saturated rings. The molecule has 160 valence electrons. The number of carbonyl (C=O) groups is 3. The highest BCUT2D eigenvalue weighted by molar-refractivity contribution is 7.18. The van der Waals surface area contributed by atoms with E-state index in [1.807, 2.05) is 24.3 Å². The van der Waals surface area contributed by atoms with Crippen molar-refractivity contribution in [2.45, 2.75) is 19.4 Å². The van der Waals surface area contributed by atoms with Gasteiger partial charge in [-0.3, -0.25) is 9.59 Å². The Balaban J connectivity index is 1.30. The molecular weight excluding hydrogens is 416 g/mol. The number of carbonyl (C=O) groups excluding carboxylic acids is 3. The van der Waals surface area contributed by atoms with Gasteiger partial charge in [-0.1, -0.05) is 12.1 Å². The lowest BCUT2D eigenvalue weighted by molar-refractivity contribution is 0.0953. The third-order valence-corrected chi connectivity index (χ3v) is 5.84. The number of rotatable bonds is 6. The van der Waals surface area contributed by atoms with Crippen molar-refractivity contribution in [3.8, 4) is 0 Å². The smallest absolute Gasteiger partial charge is 0.321 e. The fourth-order valence-electron chi connectivity index (χ4n) is 3.26. The molecule has 1 aromatic carbocycles. The third-order valence-electron chi connectivity index (χ3n) is 4.84. The molecule has 0 unspecified atom stereocenters. The predicted molar refractivity (Wildman–Crippen MR) is 118 cm³/mol. The molecule has 4 rings (SSSR count). The molecule has 1 aliphatic rings. The second kappa shape index (κ2) is 9.48. The van der Waals surface area contributed by atoms with Crippen LogP contribution in [0.2, 0.25) is 0 Å². The van der Waals surface area contributed by atoms with Crippen molar-refractivity contribution >= 4 is 39.9 Å². The number of hydrogen-bond donors (Lipinski definition) is 3. The van der Waals surface area contributed by atoms with Crippen molar-refractivity contribution in [1.29, 1.82) is 0 Å². The van der Waals surface area contributed by atoms with E-state index in [9.17, 15) is 14.4 Å². The van der Waals surface area contributed by atoms with E-state index in [4.69, 9.17) is 4.42 Å². The topological polar surface area (TPSA) is 104 Å². The minimum Gasteiger partial charge on any atom is -0.459 e. The molecule has 9 heteroatoms. The number of anilines is 2. The first kappa shape index (κ1) is 20.7. The maximum Gasteiger partial charge on any atom is 0.321 e. The standard InChI is InChI=1S/C22H22N4O4S/c27-20(17-7-4-12-30-17)25-19-9-8-18(31-19)21(28)23-14-15-5-3-6-16(13-15)24-22(29)26-10-1-2-11-26/h3-9,12-13H,1-2,10-11,14H2,(H,23,28)(H,24,29)(H,25,27). The first-order valence-corrected chi connectivity index (χ1v) is 10.8. The number of benzene rings is 1. The number of furan rings is 1. The van der Waals surface area contributed by atoms with Gasteiger partial charge in [0.25, 0.3) is 11.8 Å².